The molecule has 1 aliphatic rings. The third kappa shape index (κ3) is 5.53. The first-order valence-electron chi connectivity index (χ1n) is 11.7. The molecule has 178 valence electrons. The summed E-state index contributed by atoms with van der Waals surface area (Å²) >= 11 is 1.41. The lowest BCUT2D eigenvalue weighted by Crippen LogP contribution is -2.27. The number of carbonyl (C=O) groups is 2. The van der Waals surface area contributed by atoms with Crippen molar-refractivity contribution < 1.29 is 14.3 Å². The van der Waals surface area contributed by atoms with Crippen LogP contribution in [0.5, 0.6) is 5.75 Å². The molecule has 0 bridgehead atoms. The Bertz CT molecular complexity index is 1150. The first-order valence-corrected chi connectivity index (χ1v) is 12.7. The number of methoxy groups -OCH3 is 1. The maximum Gasteiger partial charge on any atom is 0.255 e. The Labute approximate surface area is 205 Å². The van der Waals surface area contributed by atoms with Gasteiger partial charge in [0.1, 0.15) is 5.75 Å². The average molecular weight is 478 g/mol. The molecule has 3 heterocycles. The van der Waals surface area contributed by atoms with Crippen molar-refractivity contribution in [1.82, 2.24) is 14.5 Å². The summed E-state index contributed by atoms with van der Waals surface area (Å²) in [6.45, 7) is 6.52. The quantitative estimate of drug-likeness (QED) is 0.322. The molecule has 0 radical (unpaired) electrons. The predicted octanol–water partition coefficient (Wildman–Crippen LogP) is 4.96. The maximum atomic E-state index is 13.0. The molecule has 1 fully saturated rings. The number of pyridine rings is 1. The number of thioether (sulfide) groups is 1. The van der Waals surface area contributed by atoms with Crippen LogP contribution in [0.4, 0.5) is 0 Å². The number of hydrogen-bond donors (Lipinski definition) is 0. The number of carbonyl (C=O) groups excluding carboxylic acids is 2. The van der Waals surface area contributed by atoms with Gasteiger partial charge in [0.2, 0.25) is 0 Å². The largest absolute Gasteiger partial charge is 0.497 e. The average Bonchev–Trinajstić information content (AvgIpc) is 3.50. The van der Waals surface area contributed by atoms with Crippen LogP contribution in [0.25, 0.3) is 0 Å². The van der Waals surface area contributed by atoms with Crippen LogP contribution in [0.15, 0.2) is 53.7 Å². The van der Waals surface area contributed by atoms with Crippen LogP contribution < -0.4 is 4.74 Å². The van der Waals surface area contributed by atoms with Crippen LogP contribution in [0.1, 0.15) is 50.5 Å². The molecule has 1 aliphatic heterocycles. The number of benzene rings is 1. The topological polar surface area (TPSA) is 64.4 Å². The summed E-state index contributed by atoms with van der Waals surface area (Å²) in [4.78, 5) is 31.7. The second-order valence-electron chi connectivity index (χ2n) is 8.63. The molecule has 34 heavy (non-hydrogen) atoms. The molecule has 1 amide bonds. The molecule has 2 aromatic heterocycles. The highest BCUT2D eigenvalue weighted by atomic mass is 32.2. The number of rotatable bonds is 9. The predicted molar refractivity (Wildman–Crippen MR) is 135 cm³/mol. The molecular weight excluding hydrogens is 446 g/mol. The third-order valence-electron chi connectivity index (χ3n) is 6.38. The fourth-order valence-corrected chi connectivity index (χ4v) is 5.10. The lowest BCUT2D eigenvalue weighted by molar-refractivity contribution is 0.0792. The summed E-state index contributed by atoms with van der Waals surface area (Å²) in [5.74, 6) is 1.30. The number of aromatic nitrogens is 2. The van der Waals surface area contributed by atoms with Crippen LogP contribution in [0.2, 0.25) is 0 Å². The summed E-state index contributed by atoms with van der Waals surface area (Å²) in [5, 5.41) is 0.750. The minimum atomic E-state index is 0.0414. The fourth-order valence-electron chi connectivity index (χ4n) is 4.37. The summed E-state index contributed by atoms with van der Waals surface area (Å²) in [5.41, 5.74) is 4.69. The Balaban J connectivity index is 1.34. The van der Waals surface area contributed by atoms with Crippen LogP contribution >= 0.6 is 11.8 Å². The highest BCUT2D eigenvalue weighted by Gasteiger charge is 2.20. The van der Waals surface area contributed by atoms with Crippen molar-refractivity contribution in [2.75, 3.05) is 26.0 Å². The molecule has 1 saturated heterocycles. The Morgan fingerprint density at radius 1 is 1.06 bits per heavy atom. The van der Waals surface area contributed by atoms with E-state index in [1.165, 1.54) is 17.3 Å². The second kappa shape index (κ2) is 10.9. The van der Waals surface area contributed by atoms with E-state index >= 15 is 0 Å². The molecule has 0 aliphatic carbocycles. The standard InChI is InChI=1S/C27H31N3O3S/c1-19-16-24(20(2)30(19)15-12-21-6-9-23(33-3)10-7-21)25(31)18-34-26-11-8-22(17-28-26)27(32)29-13-4-5-14-29/h6-11,16-17H,4-5,12-15,18H2,1-3H3. The number of likely N-dealkylation sites (tertiary alicyclic amines) is 1. The Morgan fingerprint density at radius 3 is 2.44 bits per heavy atom. The first-order chi connectivity index (χ1) is 16.5. The minimum Gasteiger partial charge on any atom is -0.497 e. The summed E-state index contributed by atoms with van der Waals surface area (Å²) in [6.07, 6.45) is 4.64. The normalized spacial score (nSPS) is 13.3. The van der Waals surface area contributed by atoms with E-state index in [1.54, 1.807) is 13.3 Å². The lowest BCUT2D eigenvalue weighted by atomic mass is 10.1. The van der Waals surface area contributed by atoms with Gasteiger partial charge >= 0.3 is 0 Å². The zero-order chi connectivity index (χ0) is 24.1. The number of hydrogen-bond acceptors (Lipinski definition) is 5. The van der Waals surface area contributed by atoms with Gasteiger partial charge in [0.25, 0.3) is 5.91 Å². The second-order valence-corrected chi connectivity index (χ2v) is 9.63. The lowest BCUT2D eigenvalue weighted by Gasteiger charge is -2.14. The van der Waals surface area contributed by atoms with E-state index in [0.29, 0.717) is 11.3 Å². The van der Waals surface area contributed by atoms with E-state index in [2.05, 4.69) is 21.7 Å². The highest BCUT2D eigenvalue weighted by molar-refractivity contribution is 7.99. The Kier molecular flexibility index (Phi) is 7.73. The molecule has 3 aromatic rings. The summed E-state index contributed by atoms with van der Waals surface area (Å²) < 4.78 is 7.43. The van der Waals surface area contributed by atoms with E-state index in [-0.39, 0.29) is 11.7 Å². The summed E-state index contributed by atoms with van der Waals surface area (Å²) in [7, 11) is 1.67. The van der Waals surface area contributed by atoms with Crippen molar-refractivity contribution in [2.24, 2.45) is 0 Å². The number of nitrogens with zero attached hydrogens (tertiary/aromatic N) is 3. The smallest absolute Gasteiger partial charge is 0.255 e. The van der Waals surface area contributed by atoms with E-state index in [1.807, 2.05) is 49.1 Å². The zero-order valence-electron chi connectivity index (χ0n) is 20.0. The van der Waals surface area contributed by atoms with Crippen LogP contribution in [-0.4, -0.2) is 52.1 Å². The van der Waals surface area contributed by atoms with E-state index in [9.17, 15) is 9.59 Å². The SMILES string of the molecule is COc1ccc(CCn2c(C)cc(C(=O)CSc3ccc(C(=O)N4CCCC4)cn3)c2C)cc1. The van der Waals surface area contributed by atoms with Gasteiger partial charge in [-0.2, -0.15) is 0 Å². The van der Waals surface area contributed by atoms with Crippen molar-refractivity contribution in [3.63, 3.8) is 0 Å². The van der Waals surface area contributed by atoms with Gasteiger partial charge < -0.3 is 14.2 Å². The van der Waals surface area contributed by atoms with Crippen molar-refractivity contribution in [2.45, 2.75) is 44.7 Å². The molecule has 0 saturated carbocycles. The number of ketones is 1. The van der Waals surface area contributed by atoms with Gasteiger partial charge in [-0.3, -0.25) is 9.59 Å². The number of Topliss-reactive ketones (excluding diaryl/α,β-unsaturated/α-hetero) is 1. The van der Waals surface area contributed by atoms with Gasteiger partial charge in [-0.15, -0.1) is 0 Å². The van der Waals surface area contributed by atoms with Crippen LogP contribution in [0.3, 0.4) is 0 Å². The first kappa shape index (κ1) is 24.1. The van der Waals surface area contributed by atoms with Gasteiger partial charge in [-0.1, -0.05) is 23.9 Å². The van der Waals surface area contributed by atoms with Crippen molar-refractivity contribution in [3.05, 3.63) is 76.7 Å². The molecule has 0 atom stereocenters. The van der Waals surface area contributed by atoms with Crippen molar-refractivity contribution >= 4 is 23.5 Å². The molecule has 7 heteroatoms. The molecular formula is C27H31N3O3S. The summed E-state index contributed by atoms with van der Waals surface area (Å²) in [6, 6.07) is 13.7. The Morgan fingerprint density at radius 2 is 1.79 bits per heavy atom. The molecule has 0 spiro atoms. The van der Waals surface area contributed by atoms with Gasteiger partial charge in [0.05, 0.1) is 23.5 Å². The molecule has 0 unspecified atom stereocenters. The number of amides is 1. The van der Waals surface area contributed by atoms with Gasteiger partial charge in [-0.25, -0.2) is 4.98 Å². The molecule has 1 aromatic carbocycles. The fraction of sp³-hybridized carbons (Fsp3) is 0.370. The molecule has 0 N–H and O–H groups in total. The van der Waals surface area contributed by atoms with Crippen molar-refractivity contribution in [1.29, 1.82) is 0 Å². The third-order valence-corrected chi connectivity index (χ3v) is 7.33. The Hall–Kier alpha value is -3.06. The van der Waals surface area contributed by atoms with E-state index in [4.69, 9.17) is 4.74 Å². The van der Waals surface area contributed by atoms with Gasteiger partial charge in [0, 0.05) is 42.8 Å². The van der Waals surface area contributed by atoms with Gasteiger partial charge in [0.15, 0.2) is 5.78 Å². The van der Waals surface area contributed by atoms with Gasteiger partial charge in [-0.05, 0) is 69.0 Å². The van der Waals surface area contributed by atoms with Crippen LogP contribution in [0, 0.1) is 13.8 Å². The zero-order valence-corrected chi connectivity index (χ0v) is 20.9. The van der Waals surface area contributed by atoms with E-state index < -0.39 is 0 Å². The number of aryl methyl sites for hydroxylation is 2. The molecule has 4 rings (SSSR count). The molecule has 6 nitrogen and oxygen atoms in total. The van der Waals surface area contributed by atoms with E-state index in [0.717, 1.165) is 66.6 Å². The van der Waals surface area contributed by atoms with Crippen LogP contribution in [-0.2, 0) is 13.0 Å². The number of ether oxygens (including phenoxy) is 1. The highest BCUT2D eigenvalue weighted by Crippen LogP contribution is 2.22. The maximum absolute atomic E-state index is 13.0. The van der Waals surface area contributed by atoms with Crippen molar-refractivity contribution in [3.8, 4) is 5.75 Å². The minimum absolute atomic E-state index is 0.0414. The monoisotopic (exact) mass is 477 g/mol.